The fourth-order valence-corrected chi connectivity index (χ4v) is 2.48. The average molecular weight is 451 g/mol. The lowest BCUT2D eigenvalue weighted by atomic mass is 10.3. The summed E-state index contributed by atoms with van der Waals surface area (Å²) in [4.78, 5) is 19.3. The van der Waals surface area contributed by atoms with Crippen LogP contribution in [0.25, 0.3) is 0 Å². The molecule has 2 rings (SSSR count). The van der Waals surface area contributed by atoms with Gasteiger partial charge in [0.05, 0.1) is 0 Å². The van der Waals surface area contributed by atoms with Gasteiger partial charge in [-0.1, -0.05) is 32.8 Å². The first-order valence-corrected chi connectivity index (χ1v) is 10.9. The van der Waals surface area contributed by atoms with Crippen molar-refractivity contribution in [2.45, 2.75) is 45.5 Å². The third-order valence-corrected chi connectivity index (χ3v) is 4.16. The largest absolute Gasteiger partial charge is 0.566 e. The van der Waals surface area contributed by atoms with Crippen molar-refractivity contribution in [3.05, 3.63) is 61.2 Å². The SMILES string of the molecule is CC(C)[n+]1ccccc1.CC(C)[n+]1ccccc1.O=[P+]([O-])OC(Cl)O[P+](=O)[O-]. The van der Waals surface area contributed by atoms with Gasteiger partial charge in [0.2, 0.25) is 0 Å². The van der Waals surface area contributed by atoms with Crippen LogP contribution in [0, 0.1) is 0 Å². The molecular weight excluding hydrogens is 426 g/mol. The Morgan fingerprint density at radius 1 is 0.714 bits per heavy atom. The molecule has 154 valence electrons. The summed E-state index contributed by atoms with van der Waals surface area (Å²) in [5, 5.41) is 0. The monoisotopic (exact) mass is 450 g/mol. The van der Waals surface area contributed by atoms with Crippen LogP contribution in [0.4, 0.5) is 0 Å². The van der Waals surface area contributed by atoms with Crippen molar-refractivity contribution < 1.29 is 37.1 Å². The maximum atomic E-state index is 9.64. The van der Waals surface area contributed by atoms with E-state index < -0.39 is 22.3 Å². The van der Waals surface area contributed by atoms with E-state index in [4.69, 9.17) is 11.6 Å². The van der Waals surface area contributed by atoms with E-state index in [1.165, 1.54) is 0 Å². The quantitative estimate of drug-likeness (QED) is 0.290. The summed E-state index contributed by atoms with van der Waals surface area (Å²) in [5.74, 6) is -1.80. The van der Waals surface area contributed by atoms with Crippen molar-refractivity contribution in [2.75, 3.05) is 0 Å². The highest BCUT2D eigenvalue weighted by Crippen LogP contribution is 2.23. The highest BCUT2D eigenvalue weighted by molar-refractivity contribution is 7.31. The summed E-state index contributed by atoms with van der Waals surface area (Å²) < 4.78 is 31.0. The van der Waals surface area contributed by atoms with Crippen molar-refractivity contribution in [1.82, 2.24) is 0 Å². The van der Waals surface area contributed by atoms with Gasteiger partial charge < -0.3 is 9.79 Å². The minimum atomic E-state index is -3.19. The van der Waals surface area contributed by atoms with Gasteiger partial charge in [0.25, 0.3) is 0 Å². The number of nitrogens with zero attached hydrogens (tertiary/aromatic N) is 2. The molecule has 11 heteroatoms. The zero-order chi connectivity index (χ0) is 21.5. The van der Waals surface area contributed by atoms with E-state index in [-0.39, 0.29) is 0 Å². The number of pyridine rings is 2. The lowest BCUT2D eigenvalue weighted by Crippen LogP contribution is -2.34. The third-order valence-electron chi connectivity index (χ3n) is 3.01. The Kier molecular flexibility index (Phi) is 14.8. The second-order valence-corrected chi connectivity index (χ2v) is 7.44. The van der Waals surface area contributed by atoms with Crippen LogP contribution < -0.4 is 18.9 Å². The standard InChI is InChI=1S/2C8H12N.CHClO6P2/c2*1-8(2)9-6-4-3-5-7-9;2-1(7-9(3)4)8-10(5)6/h2*3-8H,1-2H3;1H/q2*+1;. The number of rotatable bonds is 6. The van der Waals surface area contributed by atoms with Crippen LogP contribution in [0.5, 0.6) is 0 Å². The van der Waals surface area contributed by atoms with Crippen molar-refractivity contribution >= 4 is 28.1 Å². The third kappa shape index (κ3) is 14.7. The maximum absolute atomic E-state index is 9.64. The van der Waals surface area contributed by atoms with E-state index in [1.54, 1.807) is 0 Å². The second kappa shape index (κ2) is 15.5. The lowest BCUT2D eigenvalue weighted by molar-refractivity contribution is -0.716. The first-order valence-electron chi connectivity index (χ1n) is 8.31. The summed E-state index contributed by atoms with van der Waals surface area (Å²) in [6, 6.07) is 13.4. The van der Waals surface area contributed by atoms with Gasteiger partial charge in [0.1, 0.15) is 0 Å². The van der Waals surface area contributed by atoms with Crippen LogP contribution in [-0.4, -0.2) is 5.75 Å². The molecule has 0 aliphatic carbocycles. The van der Waals surface area contributed by atoms with E-state index in [1.807, 2.05) is 36.4 Å². The van der Waals surface area contributed by atoms with Gasteiger partial charge in [0, 0.05) is 24.3 Å². The number of aromatic nitrogens is 2. The van der Waals surface area contributed by atoms with Gasteiger partial charge in [-0.3, -0.25) is 0 Å². The molecule has 0 bridgehead atoms. The van der Waals surface area contributed by atoms with Crippen molar-refractivity contribution in [3.8, 4) is 0 Å². The second-order valence-electron chi connectivity index (χ2n) is 5.77. The Balaban J connectivity index is 0.000000391. The maximum Gasteiger partial charge on any atom is 0.492 e. The molecule has 8 nitrogen and oxygen atoms in total. The smallest absolute Gasteiger partial charge is 0.492 e. The van der Waals surface area contributed by atoms with Crippen LogP contribution in [0.3, 0.4) is 0 Å². The van der Waals surface area contributed by atoms with Gasteiger partial charge >= 0.3 is 22.3 Å². The van der Waals surface area contributed by atoms with Crippen molar-refractivity contribution in [1.29, 1.82) is 0 Å². The Bertz CT molecular complexity index is 633. The Labute approximate surface area is 172 Å². The molecule has 28 heavy (non-hydrogen) atoms. The molecule has 2 unspecified atom stereocenters. The fourth-order valence-electron chi connectivity index (χ4n) is 1.67. The normalized spacial score (nSPS) is 12.3. The molecule has 2 heterocycles. The average Bonchev–Trinajstić information content (AvgIpc) is 2.63. The Hall–Kier alpha value is -1.37. The van der Waals surface area contributed by atoms with E-state index in [9.17, 15) is 18.9 Å². The van der Waals surface area contributed by atoms with Gasteiger partial charge in [0.15, 0.2) is 36.9 Å². The van der Waals surface area contributed by atoms with Crippen LogP contribution in [0.15, 0.2) is 61.2 Å². The highest BCUT2D eigenvalue weighted by atomic mass is 35.5. The van der Waals surface area contributed by atoms with Crippen molar-refractivity contribution in [3.63, 3.8) is 0 Å². The minimum absolute atomic E-state index is 0.575. The number of hydrogen-bond acceptors (Lipinski definition) is 6. The summed E-state index contributed by atoms with van der Waals surface area (Å²) in [6.45, 7) is 8.67. The van der Waals surface area contributed by atoms with E-state index in [0.29, 0.717) is 12.1 Å². The Morgan fingerprint density at radius 2 is 1.00 bits per heavy atom. The number of halogens is 1. The van der Waals surface area contributed by atoms with Gasteiger partial charge in [-0.2, -0.15) is 0 Å². The molecule has 0 amide bonds. The summed E-state index contributed by atoms with van der Waals surface area (Å²) in [5.41, 5.74) is 0. The predicted octanol–water partition coefficient (Wildman–Crippen LogP) is 2.69. The van der Waals surface area contributed by atoms with Crippen molar-refractivity contribution in [2.24, 2.45) is 0 Å². The molecule has 0 fully saturated rings. The van der Waals surface area contributed by atoms with E-state index in [2.05, 4.69) is 70.7 Å². The number of hydrogen-bond donors (Lipinski definition) is 0. The summed E-state index contributed by atoms with van der Waals surface area (Å²) in [7, 11) is -6.39. The van der Waals surface area contributed by atoms with Gasteiger partial charge in [-0.15, -0.1) is 0 Å². The Morgan fingerprint density at radius 3 is 1.18 bits per heavy atom. The molecule has 0 aliphatic rings. The first-order chi connectivity index (χ1) is 13.1. The van der Waals surface area contributed by atoms with Gasteiger partial charge in [-0.05, 0) is 36.8 Å². The molecule has 0 aliphatic heterocycles. The van der Waals surface area contributed by atoms with Crippen LogP contribution in [-0.2, 0) is 18.2 Å². The molecule has 0 saturated carbocycles. The summed E-state index contributed by atoms with van der Waals surface area (Å²) in [6.07, 6.45) is 8.30. The molecule has 2 atom stereocenters. The van der Waals surface area contributed by atoms with Crippen LogP contribution in [0.1, 0.15) is 39.8 Å². The zero-order valence-corrected chi connectivity index (χ0v) is 18.7. The molecule has 0 saturated heterocycles. The molecule has 2 aromatic heterocycles. The highest BCUT2D eigenvalue weighted by Gasteiger charge is 2.21. The molecule has 0 spiro atoms. The molecular formula is C17H25ClN2O6P2+2. The predicted molar refractivity (Wildman–Crippen MR) is 101 cm³/mol. The minimum Gasteiger partial charge on any atom is -0.566 e. The van der Waals surface area contributed by atoms with Crippen LogP contribution >= 0.6 is 28.1 Å². The zero-order valence-electron chi connectivity index (χ0n) is 16.1. The van der Waals surface area contributed by atoms with Gasteiger partial charge in [-0.25, -0.2) is 9.13 Å². The fraction of sp³-hybridized carbons (Fsp3) is 0.412. The molecule has 0 aromatic carbocycles. The molecule has 0 radical (unpaired) electrons. The topological polar surface area (TPSA) is 106 Å². The number of alkyl halides is 1. The van der Waals surface area contributed by atoms with E-state index in [0.717, 1.165) is 0 Å². The first kappa shape index (κ1) is 26.6. The summed E-state index contributed by atoms with van der Waals surface area (Å²) >= 11 is 4.86. The van der Waals surface area contributed by atoms with Crippen LogP contribution in [0.2, 0.25) is 0 Å². The molecule has 2 aromatic rings. The lowest BCUT2D eigenvalue weighted by Gasteiger charge is -1.96. The molecule has 0 N–H and O–H groups in total. The van der Waals surface area contributed by atoms with E-state index >= 15 is 0 Å².